The SMILES string of the molecule is CCOc1cc(-c2ccc(N3CC4CC(C)(OC(=O)c5c(F)cccc5Cl)C[C@H]4C3)nc2)c2c3cn[nH]c3nn2c1. The molecule has 0 spiro atoms. The summed E-state index contributed by atoms with van der Waals surface area (Å²) in [4.78, 5) is 19.9. The van der Waals surface area contributed by atoms with Crippen LogP contribution in [-0.2, 0) is 4.74 Å². The van der Waals surface area contributed by atoms with Crippen molar-refractivity contribution in [3.63, 3.8) is 0 Å². The fraction of sp³-hybridized carbons (Fsp3) is 0.333. The lowest BCUT2D eigenvalue weighted by Crippen LogP contribution is -2.32. The number of fused-ring (bicyclic) bond motifs is 4. The summed E-state index contributed by atoms with van der Waals surface area (Å²) < 4.78 is 27.7. The Labute approximate surface area is 240 Å². The van der Waals surface area contributed by atoms with E-state index in [1.807, 2.05) is 42.9 Å². The number of carbonyl (C=O) groups is 1. The molecule has 1 aliphatic carbocycles. The Morgan fingerprint density at radius 1 is 1.20 bits per heavy atom. The van der Waals surface area contributed by atoms with Gasteiger partial charge in [0, 0.05) is 30.4 Å². The van der Waals surface area contributed by atoms with Crippen LogP contribution < -0.4 is 9.64 Å². The zero-order valence-electron chi connectivity index (χ0n) is 22.6. The van der Waals surface area contributed by atoms with Crippen molar-refractivity contribution in [3.8, 4) is 16.9 Å². The molecule has 0 radical (unpaired) electrons. The zero-order chi connectivity index (χ0) is 28.3. The highest BCUT2D eigenvalue weighted by Gasteiger charge is 2.49. The number of pyridine rings is 2. The van der Waals surface area contributed by atoms with Crippen LogP contribution in [0.3, 0.4) is 0 Å². The van der Waals surface area contributed by atoms with Gasteiger partial charge in [-0.15, -0.1) is 5.10 Å². The minimum absolute atomic E-state index is 0.0604. The van der Waals surface area contributed by atoms with Gasteiger partial charge in [-0.2, -0.15) is 5.10 Å². The van der Waals surface area contributed by atoms with E-state index in [0.29, 0.717) is 36.9 Å². The largest absolute Gasteiger partial charge is 0.492 e. The van der Waals surface area contributed by atoms with Crippen molar-refractivity contribution in [2.24, 2.45) is 11.8 Å². The van der Waals surface area contributed by atoms with Crippen LogP contribution in [0.1, 0.15) is 37.0 Å². The standard InChI is InChI=1S/C30H28ClFN6O3/c1-3-40-20-9-21(27-22-13-34-35-28(22)36-38(27)16-20)17-7-8-25(33-12-17)37-14-18-10-30(2,11-19(18)15-37)41-29(39)26-23(31)5-4-6-24(26)32/h4-9,12-13,16,18-19H,3,10-11,14-15H2,1-2H3,(H,35,36)/t18-,19?,30?/m0/s1. The third-order valence-corrected chi connectivity index (χ3v) is 8.58. The van der Waals surface area contributed by atoms with E-state index >= 15 is 0 Å². The molecule has 5 heterocycles. The van der Waals surface area contributed by atoms with Gasteiger partial charge in [-0.05, 0) is 68.9 Å². The molecule has 1 N–H and O–H groups in total. The van der Waals surface area contributed by atoms with E-state index < -0.39 is 17.4 Å². The van der Waals surface area contributed by atoms with Gasteiger partial charge in [-0.3, -0.25) is 5.10 Å². The monoisotopic (exact) mass is 574 g/mol. The normalized spacial score (nSPS) is 22.0. The molecule has 1 aliphatic heterocycles. The second kappa shape index (κ2) is 9.73. The predicted molar refractivity (Wildman–Crippen MR) is 153 cm³/mol. The molecule has 210 valence electrons. The number of aromatic nitrogens is 5. The van der Waals surface area contributed by atoms with Crippen LogP contribution in [-0.4, -0.2) is 56.1 Å². The number of rotatable bonds is 6. The first-order chi connectivity index (χ1) is 19.8. The van der Waals surface area contributed by atoms with Crippen molar-refractivity contribution in [2.75, 3.05) is 24.6 Å². The molecular formula is C30H28ClFN6O3. The number of H-pyrrole nitrogens is 1. The van der Waals surface area contributed by atoms with Crippen LogP contribution in [0.4, 0.5) is 10.2 Å². The summed E-state index contributed by atoms with van der Waals surface area (Å²) >= 11 is 6.08. The quantitative estimate of drug-likeness (QED) is 0.251. The molecule has 2 unspecified atom stereocenters. The maximum absolute atomic E-state index is 14.3. The van der Waals surface area contributed by atoms with Crippen molar-refractivity contribution in [2.45, 2.75) is 32.3 Å². The van der Waals surface area contributed by atoms with Gasteiger partial charge in [0.2, 0.25) is 0 Å². The van der Waals surface area contributed by atoms with Gasteiger partial charge in [0.1, 0.15) is 28.5 Å². The van der Waals surface area contributed by atoms with Crippen LogP contribution in [0.15, 0.2) is 55.0 Å². The average molecular weight is 575 g/mol. The Bertz CT molecular complexity index is 1750. The molecule has 1 aromatic carbocycles. The fourth-order valence-electron chi connectivity index (χ4n) is 6.57. The number of anilines is 1. The number of nitrogens with zero attached hydrogens (tertiary/aromatic N) is 5. The molecule has 3 atom stereocenters. The highest BCUT2D eigenvalue weighted by molar-refractivity contribution is 6.33. The van der Waals surface area contributed by atoms with E-state index in [-0.39, 0.29) is 10.6 Å². The number of hydrogen-bond acceptors (Lipinski definition) is 7. The van der Waals surface area contributed by atoms with Gasteiger partial charge in [0.25, 0.3) is 0 Å². The summed E-state index contributed by atoms with van der Waals surface area (Å²) in [6.07, 6.45) is 6.94. The molecular weight excluding hydrogens is 547 g/mol. The number of nitrogens with one attached hydrogen (secondary N) is 1. The maximum atomic E-state index is 14.3. The molecule has 4 aromatic heterocycles. The smallest absolute Gasteiger partial charge is 0.343 e. The Morgan fingerprint density at radius 3 is 2.71 bits per heavy atom. The molecule has 9 nitrogen and oxygen atoms in total. The molecule has 11 heteroatoms. The minimum Gasteiger partial charge on any atom is -0.492 e. The first-order valence-corrected chi connectivity index (χ1v) is 14.1. The third kappa shape index (κ3) is 4.46. The number of ether oxygens (including phenoxy) is 2. The van der Waals surface area contributed by atoms with Crippen LogP contribution in [0, 0.1) is 17.7 Å². The Morgan fingerprint density at radius 2 is 2.00 bits per heavy atom. The number of halogens is 2. The molecule has 0 bridgehead atoms. The van der Waals surface area contributed by atoms with Crippen molar-refractivity contribution in [1.29, 1.82) is 0 Å². The molecule has 41 heavy (non-hydrogen) atoms. The van der Waals surface area contributed by atoms with E-state index in [4.69, 9.17) is 26.1 Å². The van der Waals surface area contributed by atoms with Gasteiger partial charge >= 0.3 is 5.97 Å². The van der Waals surface area contributed by atoms with E-state index in [9.17, 15) is 9.18 Å². The Kier molecular flexibility index (Phi) is 6.11. The maximum Gasteiger partial charge on any atom is 0.343 e. The molecule has 1 saturated carbocycles. The summed E-state index contributed by atoms with van der Waals surface area (Å²) in [5.74, 6) is 0.934. The van der Waals surface area contributed by atoms with E-state index in [1.54, 1.807) is 6.20 Å². The van der Waals surface area contributed by atoms with E-state index in [0.717, 1.165) is 46.7 Å². The van der Waals surface area contributed by atoms with Crippen molar-refractivity contribution < 1.29 is 18.7 Å². The average Bonchev–Trinajstić information content (AvgIpc) is 3.68. The summed E-state index contributed by atoms with van der Waals surface area (Å²) in [6, 6.07) is 10.3. The number of esters is 1. The number of benzene rings is 1. The third-order valence-electron chi connectivity index (χ3n) is 8.27. The Hall–Kier alpha value is -4.18. The zero-order valence-corrected chi connectivity index (χ0v) is 23.4. The topological polar surface area (TPSA) is 97.6 Å². The molecule has 0 amide bonds. The van der Waals surface area contributed by atoms with Crippen molar-refractivity contribution in [3.05, 3.63) is 71.4 Å². The lowest BCUT2D eigenvalue weighted by atomic mass is 10.0. The molecule has 2 fully saturated rings. The molecule has 5 aromatic rings. The van der Waals surface area contributed by atoms with Gasteiger partial charge in [-0.1, -0.05) is 17.7 Å². The van der Waals surface area contributed by atoms with Crippen LogP contribution in [0.2, 0.25) is 5.02 Å². The predicted octanol–water partition coefficient (Wildman–Crippen LogP) is 5.93. The summed E-state index contributed by atoms with van der Waals surface area (Å²) in [7, 11) is 0. The summed E-state index contributed by atoms with van der Waals surface area (Å²) in [5, 5.41) is 12.7. The molecule has 2 aliphatic rings. The lowest BCUT2D eigenvalue weighted by Gasteiger charge is -2.28. The highest BCUT2D eigenvalue weighted by Crippen LogP contribution is 2.47. The molecule has 1 saturated heterocycles. The first-order valence-electron chi connectivity index (χ1n) is 13.7. The second-order valence-electron chi connectivity index (χ2n) is 11.1. The van der Waals surface area contributed by atoms with E-state index in [1.165, 1.54) is 18.2 Å². The van der Waals surface area contributed by atoms with Gasteiger partial charge < -0.3 is 14.4 Å². The minimum atomic E-state index is -0.710. The van der Waals surface area contributed by atoms with Crippen molar-refractivity contribution >= 4 is 39.9 Å². The fourth-order valence-corrected chi connectivity index (χ4v) is 6.81. The van der Waals surface area contributed by atoms with Crippen LogP contribution in [0.25, 0.3) is 27.7 Å². The number of carbonyl (C=O) groups excluding carboxylic acids is 1. The van der Waals surface area contributed by atoms with Gasteiger partial charge in [-0.25, -0.2) is 18.7 Å². The summed E-state index contributed by atoms with van der Waals surface area (Å²) in [5.41, 5.74) is 2.70. The van der Waals surface area contributed by atoms with Gasteiger partial charge in [0.05, 0.1) is 34.9 Å². The highest BCUT2D eigenvalue weighted by atomic mass is 35.5. The lowest BCUT2D eigenvalue weighted by molar-refractivity contribution is -0.00970. The molecule has 7 rings (SSSR count). The van der Waals surface area contributed by atoms with Gasteiger partial charge in [0.15, 0.2) is 5.65 Å². The number of hydrogen-bond donors (Lipinski definition) is 1. The summed E-state index contributed by atoms with van der Waals surface area (Å²) in [6.45, 7) is 6.06. The first kappa shape index (κ1) is 25.8. The van der Waals surface area contributed by atoms with E-state index in [2.05, 4.69) is 26.3 Å². The van der Waals surface area contributed by atoms with Crippen LogP contribution >= 0.6 is 11.6 Å². The van der Waals surface area contributed by atoms with Crippen LogP contribution in [0.5, 0.6) is 5.75 Å². The second-order valence-corrected chi connectivity index (χ2v) is 11.5. The van der Waals surface area contributed by atoms with Crippen molar-refractivity contribution in [1.82, 2.24) is 24.8 Å². The Balaban J connectivity index is 1.08. The number of aromatic amines is 1.